The van der Waals surface area contributed by atoms with Crippen molar-refractivity contribution < 1.29 is 8.95 Å². The summed E-state index contributed by atoms with van der Waals surface area (Å²) in [6.07, 6.45) is 0.976. The molecule has 1 heterocycles. The maximum Gasteiger partial charge on any atom is 0.119 e. The molecule has 1 saturated heterocycles. The van der Waals surface area contributed by atoms with Crippen LogP contribution in [0.25, 0.3) is 0 Å². The van der Waals surface area contributed by atoms with E-state index in [9.17, 15) is 4.21 Å². The average Bonchev–Trinajstić information content (AvgIpc) is 2.46. The van der Waals surface area contributed by atoms with Gasteiger partial charge in [0.05, 0.1) is 6.61 Å². The Balaban J connectivity index is 1.65. The normalized spacial score (nSPS) is 17.0. The first-order valence-electron chi connectivity index (χ1n) is 6.75. The van der Waals surface area contributed by atoms with E-state index in [-0.39, 0.29) is 0 Å². The highest BCUT2D eigenvalue weighted by atomic mass is 32.2. The minimum absolute atomic E-state index is 0.402. The largest absolute Gasteiger partial charge is 0.494 e. The molecular formula is C14H20N2O2S2. The quantitative estimate of drug-likeness (QED) is 0.631. The molecule has 0 atom stereocenters. The van der Waals surface area contributed by atoms with E-state index in [0.717, 1.165) is 48.9 Å². The van der Waals surface area contributed by atoms with Crippen molar-refractivity contribution in [3.8, 4) is 5.75 Å². The Morgan fingerprint density at radius 1 is 1.30 bits per heavy atom. The summed E-state index contributed by atoms with van der Waals surface area (Å²) in [5.41, 5.74) is 6.40. The number of hydrogen-bond donors (Lipinski definition) is 1. The molecule has 1 fully saturated rings. The lowest BCUT2D eigenvalue weighted by atomic mass is 10.2. The zero-order valence-electron chi connectivity index (χ0n) is 11.4. The molecule has 4 nitrogen and oxygen atoms in total. The second-order valence-corrected chi connectivity index (χ2v) is 6.92. The molecule has 6 heteroatoms. The van der Waals surface area contributed by atoms with Gasteiger partial charge in [0.1, 0.15) is 10.7 Å². The van der Waals surface area contributed by atoms with E-state index in [1.807, 2.05) is 24.3 Å². The molecule has 0 spiro atoms. The second-order valence-electron chi connectivity index (χ2n) is 4.78. The lowest BCUT2D eigenvalue weighted by molar-refractivity contribution is 0.247. The van der Waals surface area contributed by atoms with E-state index >= 15 is 0 Å². The summed E-state index contributed by atoms with van der Waals surface area (Å²) in [7, 11) is -0.598. The summed E-state index contributed by atoms with van der Waals surface area (Å²) in [5, 5.41) is 0. The Kier molecular flexibility index (Phi) is 5.94. The molecule has 20 heavy (non-hydrogen) atoms. The van der Waals surface area contributed by atoms with Crippen LogP contribution in [0, 0.1) is 0 Å². The summed E-state index contributed by atoms with van der Waals surface area (Å²) in [6.45, 7) is 3.57. The molecule has 1 aliphatic rings. The molecule has 0 aliphatic carbocycles. The predicted molar refractivity (Wildman–Crippen MR) is 86.8 cm³/mol. The van der Waals surface area contributed by atoms with Crippen molar-refractivity contribution in [1.29, 1.82) is 0 Å². The van der Waals surface area contributed by atoms with Crippen molar-refractivity contribution in [1.82, 2.24) is 4.90 Å². The third kappa shape index (κ3) is 4.85. The Hall–Kier alpha value is -0.980. The Morgan fingerprint density at radius 2 is 1.95 bits per heavy atom. The van der Waals surface area contributed by atoms with Gasteiger partial charge in [-0.15, -0.1) is 0 Å². The van der Waals surface area contributed by atoms with Crippen LogP contribution in [0.1, 0.15) is 12.0 Å². The fourth-order valence-electron chi connectivity index (χ4n) is 2.09. The fourth-order valence-corrected chi connectivity index (χ4v) is 3.36. The first-order chi connectivity index (χ1) is 9.65. The lowest BCUT2D eigenvalue weighted by Crippen LogP contribution is -2.38. The lowest BCUT2D eigenvalue weighted by Gasteiger charge is -2.25. The van der Waals surface area contributed by atoms with E-state index in [1.54, 1.807) is 0 Å². The first kappa shape index (κ1) is 15.4. The smallest absolute Gasteiger partial charge is 0.119 e. The third-order valence-electron chi connectivity index (χ3n) is 3.30. The van der Waals surface area contributed by atoms with Crippen LogP contribution in [0.15, 0.2) is 24.3 Å². The zero-order valence-corrected chi connectivity index (χ0v) is 13.0. The van der Waals surface area contributed by atoms with Gasteiger partial charge in [0, 0.05) is 47.5 Å². The highest BCUT2D eigenvalue weighted by molar-refractivity contribution is 7.85. The number of nitrogens with two attached hydrogens (primary N) is 1. The van der Waals surface area contributed by atoms with Crippen LogP contribution in [0.4, 0.5) is 0 Å². The SMILES string of the molecule is NC(=S)c1ccc(OCCCN2CCS(=O)CC2)cc1. The monoisotopic (exact) mass is 312 g/mol. The predicted octanol–water partition coefficient (Wildman–Crippen LogP) is 1.15. The van der Waals surface area contributed by atoms with Gasteiger partial charge in [-0.05, 0) is 30.7 Å². The summed E-state index contributed by atoms with van der Waals surface area (Å²) in [4.78, 5) is 2.75. The van der Waals surface area contributed by atoms with Crippen molar-refractivity contribution in [2.75, 3.05) is 37.7 Å². The third-order valence-corrected chi connectivity index (χ3v) is 4.81. The molecule has 0 saturated carbocycles. The summed E-state index contributed by atoms with van der Waals surface area (Å²) >= 11 is 4.90. The molecule has 1 aromatic carbocycles. The van der Waals surface area contributed by atoms with Gasteiger partial charge in [-0.25, -0.2) is 0 Å². The van der Waals surface area contributed by atoms with Crippen LogP contribution < -0.4 is 10.5 Å². The molecule has 1 aromatic rings. The van der Waals surface area contributed by atoms with Gasteiger partial charge in [-0.1, -0.05) is 12.2 Å². The van der Waals surface area contributed by atoms with E-state index in [1.165, 1.54) is 0 Å². The van der Waals surface area contributed by atoms with Crippen molar-refractivity contribution in [3.05, 3.63) is 29.8 Å². The van der Waals surface area contributed by atoms with Crippen LogP contribution in [0.5, 0.6) is 5.75 Å². The topological polar surface area (TPSA) is 55.6 Å². The molecule has 0 radical (unpaired) electrons. The van der Waals surface area contributed by atoms with Crippen LogP contribution in [0.2, 0.25) is 0 Å². The van der Waals surface area contributed by atoms with Gasteiger partial charge >= 0.3 is 0 Å². The Bertz CT molecular complexity index is 467. The number of nitrogens with zero attached hydrogens (tertiary/aromatic N) is 1. The van der Waals surface area contributed by atoms with Crippen molar-refractivity contribution in [2.24, 2.45) is 5.73 Å². The van der Waals surface area contributed by atoms with E-state index < -0.39 is 10.8 Å². The van der Waals surface area contributed by atoms with Crippen LogP contribution in [-0.2, 0) is 10.8 Å². The van der Waals surface area contributed by atoms with Gasteiger partial charge in [0.2, 0.25) is 0 Å². The van der Waals surface area contributed by atoms with E-state index in [0.29, 0.717) is 11.6 Å². The van der Waals surface area contributed by atoms with Crippen molar-refractivity contribution in [2.45, 2.75) is 6.42 Å². The molecule has 0 unspecified atom stereocenters. The van der Waals surface area contributed by atoms with Gasteiger partial charge in [0.25, 0.3) is 0 Å². The van der Waals surface area contributed by atoms with Gasteiger partial charge in [-0.3, -0.25) is 4.21 Å². The number of rotatable bonds is 6. The minimum atomic E-state index is -0.598. The second kappa shape index (κ2) is 7.71. The first-order valence-corrected chi connectivity index (χ1v) is 8.65. The molecular weight excluding hydrogens is 292 g/mol. The average molecular weight is 312 g/mol. The standard InChI is InChI=1S/C14H20N2O2S2/c15-14(19)12-2-4-13(5-3-12)18-9-1-6-16-7-10-20(17)11-8-16/h2-5H,1,6-11H2,(H2,15,19). The van der Waals surface area contributed by atoms with Crippen LogP contribution in [-0.4, -0.2) is 51.8 Å². The minimum Gasteiger partial charge on any atom is -0.494 e. The molecule has 0 bridgehead atoms. The van der Waals surface area contributed by atoms with Gasteiger partial charge in [0.15, 0.2) is 0 Å². The molecule has 0 aromatic heterocycles. The van der Waals surface area contributed by atoms with Crippen molar-refractivity contribution in [3.63, 3.8) is 0 Å². The molecule has 110 valence electrons. The summed E-state index contributed by atoms with van der Waals surface area (Å²) < 4.78 is 16.9. The van der Waals surface area contributed by atoms with E-state index in [2.05, 4.69) is 4.90 Å². The number of hydrogen-bond acceptors (Lipinski definition) is 4. The Morgan fingerprint density at radius 3 is 2.55 bits per heavy atom. The van der Waals surface area contributed by atoms with Gasteiger partial charge < -0.3 is 15.4 Å². The maximum absolute atomic E-state index is 11.2. The highest BCUT2D eigenvalue weighted by Gasteiger charge is 2.14. The van der Waals surface area contributed by atoms with E-state index in [4.69, 9.17) is 22.7 Å². The molecule has 2 N–H and O–H groups in total. The summed E-state index contributed by atoms with van der Waals surface area (Å²) in [5.74, 6) is 2.45. The van der Waals surface area contributed by atoms with Crippen LogP contribution >= 0.6 is 12.2 Å². The summed E-state index contributed by atoms with van der Waals surface area (Å²) in [6, 6.07) is 7.52. The highest BCUT2D eigenvalue weighted by Crippen LogP contribution is 2.12. The van der Waals surface area contributed by atoms with Crippen molar-refractivity contribution >= 4 is 28.0 Å². The Labute approximate surface area is 127 Å². The number of ether oxygens (including phenoxy) is 1. The molecule has 0 amide bonds. The number of benzene rings is 1. The fraction of sp³-hybridized carbons (Fsp3) is 0.500. The molecule has 1 aliphatic heterocycles. The van der Waals surface area contributed by atoms with Crippen LogP contribution in [0.3, 0.4) is 0 Å². The van der Waals surface area contributed by atoms with Gasteiger partial charge in [-0.2, -0.15) is 0 Å². The molecule has 2 rings (SSSR count). The number of thiocarbonyl (C=S) groups is 1. The maximum atomic E-state index is 11.2. The zero-order chi connectivity index (χ0) is 14.4.